The second-order valence-corrected chi connectivity index (χ2v) is 8.93. The van der Waals surface area contributed by atoms with Gasteiger partial charge < -0.3 is 14.8 Å². The number of aromatic nitrogens is 2. The fourth-order valence-electron chi connectivity index (χ4n) is 4.49. The highest BCUT2D eigenvalue weighted by molar-refractivity contribution is 5.91. The first kappa shape index (κ1) is 24.3. The minimum atomic E-state index is -0.201. The van der Waals surface area contributed by atoms with Crippen LogP contribution in [0.2, 0.25) is 0 Å². The zero-order chi connectivity index (χ0) is 25.6. The number of benzene rings is 3. The van der Waals surface area contributed by atoms with E-state index >= 15 is 0 Å². The summed E-state index contributed by atoms with van der Waals surface area (Å²) < 4.78 is 10.9. The Labute approximate surface area is 216 Å². The van der Waals surface area contributed by atoms with Gasteiger partial charge in [-0.2, -0.15) is 0 Å². The van der Waals surface area contributed by atoms with E-state index < -0.39 is 0 Å². The van der Waals surface area contributed by atoms with Crippen molar-refractivity contribution in [3.8, 4) is 23.3 Å². The van der Waals surface area contributed by atoms with Gasteiger partial charge in [-0.05, 0) is 73.9 Å². The van der Waals surface area contributed by atoms with Crippen molar-refractivity contribution < 1.29 is 14.3 Å². The van der Waals surface area contributed by atoms with Crippen LogP contribution in [0.25, 0.3) is 10.9 Å². The van der Waals surface area contributed by atoms with E-state index in [4.69, 9.17) is 9.47 Å². The van der Waals surface area contributed by atoms with Gasteiger partial charge in [0.15, 0.2) is 0 Å². The van der Waals surface area contributed by atoms with Gasteiger partial charge in [0.1, 0.15) is 29.7 Å². The number of methoxy groups -OCH3 is 1. The van der Waals surface area contributed by atoms with Crippen molar-refractivity contribution in [3.05, 3.63) is 84.2 Å². The maximum absolute atomic E-state index is 12.0. The molecule has 1 aliphatic heterocycles. The molecule has 1 atom stereocenters. The van der Waals surface area contributed by atoms with Gasteiger partial charge in [0.25, 0.3) is 0 Å². The molecule has 2 heterocycles. The fraction of sp³-hybridized carbons (Fsp3) is 0.233. The number of hydrogen-bond acceptors (Lipinski definition) is 7. The van der Waals surface area contributed by atoms with Gasteiger partial charge in [-0.1, -0.05) is 30.0 Å². The van der Waals surface area contributed by atoms with Gasteiger partial charge in [0, 0.05) is 23.2 Å². The Kier molecular flexibility index (Phi) is 7.29. The number of likely N-dealkylation sites (tertiary alicyclic amines) is 1. The molecule has 1 aliphatic rings. The van der Waals surface area contributed by atoms with E-state index in [1.54, 1.807) is 6.33 Å². The van der Waals surface area contributed by atoms with Crippen molar-refractivity contribution in [2.75, 3.05) is 25.5 Å². The van der Waals surface area contributed by atoms with Crippen LogP contribution in [0, 0.1) is 18.8 Å². The van der Waals surface area contributed by atoms with Gasteiger partial charge in [-0.3, -0.25) is 9.69 Å². The highest BCUT2D eigenvalue weighted by atomic mass is 16.5. The molecule has 7 heteroatoms. The molecule has 7 nitrogen and oxygen atoms in total. The summed E-state index contributed by atoms with van der Waals surface area (Å²) in [7, 11) is 1.43. The molecular formula is C30H28N4O3. The molecule has 0 amide bonds. The second kappa shape index (κ2) is 11.1. The third-order valence-electron chi connectivity index (χ3n) is 6.40. The summed E-state index contributed by atoms with van der Waals surface area (Å²) in [6.07, 6.45) is 3.34. The van der Waals surface area contributed by atoms with Gasteiger partial charge in [-0.25, -0.2) is 9.97 Å². The van der Waals surface area contributed by atoms with Crippen molar-refractivity contribution in [2.24, 2.45) is 0 Å². The number of carbonyl (C=O) groups excluding carboxylic acids is 1. The van der Waals surface area contributed by atoms with Gasteiger partial charge in [0.2, 0.25) is 0 Å². The minimum Gasteiger partial charge on any atom is -0.468 e. The number of fused-ring (bicyclic) bond motifs is 1. The second-order valence-electron chi connectivity index (χ2n) is 8.93. The van der Waals surface area contributed by atoms with Crippen LogP contribution >= 0.6 is 0 Å². The summed E-state index contributed by atoms with van der Waals surface area (Å²) in [5.41, 5.74) is 3.60. The Bertz CT molecular complexity index is 1480. The molecule has 1 N–H and O–H groups in total. The number of para-hydroxylation sites is 1. The summed E-state index contributed by atoms with van der Waals surface area (Å²) >= 11 is 0. The highest BCUT2D eigenvalue weighted by Gasteiger charge is 2.30. The van der Waals surface area contributed by atoms with E-state index in [2.05, 4.69) is 32.0 Å². The molecule has 1 unspecified atom stereocenters. The van der Waals surface area contributed by atoms with Crippen LogP contribution in [0.15, 0.2) is 73.1 Å². The molecule has 1 fully saturated rings. The van der Waals surface area contributed by atoms with Crippen molar-refractivity contribution in [1.29, 1.82) is 0 Å². The lowest BCUT2D eigenvalue weighted by atomic mass is 10.1. The molecule has 0 aliphatic carbocycles. The number of carbonyl (C=O) groups is 1. The predicted octanol–water partition coefficient (Wildman–Crippen LogP) is 5.46. The molecule has 0 bridgehead atoms. The molecular weight excluding hydrogens is 464 g/mol. The van der Waals surface area contributed by atoms with Crippen LogP contribution in [0.4, 0.5) is 11.5 Å². The first-order valence-corrected chi connectivity index (χ1v) is 12.3. The average molecular weight is 493 g/mol. The van der Waals surface area contributed by atoms with Gasteiger partial charge in [0.05, 0.1) is 19.2 Å². The smallest absolute Gasteiger partial charge is 0.323 e. The number of nitrogens with zero attached hydrogens (tertiary/aromatic N) is 3. The molecule has 3 aromatic carbocycles. The first-order chi connectivity index (χ1) is 18.1. The van der Waals surface area contributed by atoms with Crippen LogP contribution in [-0.4, -0.2) is 47.1 Å². The lowest BCUT2D eigenvalue weighted by Gasteiger charge is -2.19. The van der Waals surface area contributed by atoms with Crippen molar-refractivity contribution in [3.63, 3.8) is 0 Å². The minimum absolute atomic E-state index is 0.187. The van der Waals surface area contributed by atoms with E-state index in [1.807, 2.05) is 73.7 Å². The molecule has 4 aromatic rings. The van der Waals surface area contributed by atoms with Crippen LogP contribution in [0.1, 0.15) is 24.0 Å². The average Bonchev–Trinajstić information content (AvgIpc) is 3.39. The summed E-state index contributed by atoms with van der Waals surface area (Å²) in [5.74, 6) is 8.56. The largest absolute Gasteiger partial charge is 0.468 e. The number of aryl methyl sites for hydroxylation is 1. The molecule has 0 saturated carbocycles. The van der Waals surface area contributed by atoms with E-state index in [0.29, 0.717) is 12.4 Å². The molecule has 37 heavy (non-hydrogen) atoms. The zero-order valence-electron chi connectivity index (χ0n) is 20.9. The predicted molar refractivity (Wildman–Crippen MR) is 144 cm³/mol. The highest BCUT2D eigenvalue weighted by Crippen LogP contribution is 2.30. The normalized spacial score (nSPS) is 15.1. The number of rotatable bonds is 6. The van der Waals surface area contributed by atoms with E-state index in [-0.39, 0.29) is 12.0 Å². The number of anilines is 2. The fourth-order valence-corrected chi connectivity index (χ4v) is 4.49. The van der Waals surface area contributed by atoms with E-state index in [9.17, 15) is 4.79 Å². The van der Waals surface area contributed by atoms with E-state index in [0.717, 1.165) is 58.6 Å². The van der Waals surface area contributed by atoms with Crippen LogP contribution in [0.5, 0.6) is 11.5 Å². The topological polar surface area (TPSA) is 76.6 Å². The zero-order valence-corrected chi connectivity index (χ0v) is 20.9. The summed E-state index contributed by atoms with van der Waals surface area (Å²) in [4.78, 5) is 22.9. The number of esters is 1. The van der Waals surface area contributed by atoms with Crippen molar-refractivity contribution in [1.82, 2.24) is 14.9 Å². The number of hydrogen-bond donors (Lipinski definition) is 1. The van der Waals surface area contributed by atoms with Gasteiger partial charge >= 0.3 is 5.97 Å². The first-order valence-electron chi connectivity index (χ1n) is 12.3. The molecule has 1 aromatic heterocycles. The van der Waals surface area contributed by atoms with Crippen LogP contribution in [-0.2, 0) is 9.53 Å². The van der Waals surface area contributed by atoms with Gasteiger partial charge in [-0.15, -0.1) is 0 Å². The molecule has 5 rings (SSSR count). The maximum atomic E-state index is 12.0. The van der Waals surface area contributed by atoms with Crippen molar-refractivity contribution in [2.45, 2.75) is 25.8 Å². The molecule has 1 saturated heterocycles. The van der Waals surface area contributed by atoms with Crippen molar-refractivity contribution >= 4 is 28.4 Å². The quantitative estimate of drug-likeness (QED) is 0.283. The Hall–Kier alpha value is -4.41. The van der Waals surface area contributed by atoms with Crippen LogP contribution < -0.4 is 10.1 Å². The lowest BCUT2D eigenvalue weighted by Crippen LogP contribution is -2.37. The standard InChI is InChI=1S/C30H28N4O3/c1-21-18-23(13-15-28(21)37-24-9-4-3-5-10-24)33-29-25-19-22(12-14-26(25)31-20-32-29)8-6-16-34-17-7-11-27(34)30(35)36-2/h3-5,9-10,12-15,18-20,27H,7,11,16-17H2,1-2H3,(H,31,32,33). The Morgan fingerprint density at radius 3 is 2.78 bits per heavy atom. The monoisotopic (exact) mass is 492 g/mol. The number of nitrogens with one attached hydrogen (secondary N) is 1. The third kappa shape index (κ3) is 5.71. The molecule has 0 radical (unpaired) electrons. The lowest BCUT2D eigenvalue weighted by molar-refractivity contribution is -0.145. The molecule has 186 valence electrons. The van der Waals surface area contributed by atoms with Crippen LogP contribution in [0.3, 0.4) is 0 Å². The Morgan fingerprint density at radius 1 is 1.11 bits per heavy atom. The summed E-state index contributed by atoms with van der Waals surface area (Å²) in [6.45, 7) is 3.38. The summed E-state index contributed by atoms with van der Waals surface area (Å²) in [5, 5.41) is 4.30. The van der Waals surface area contributed by atoms with E-state index in [1.165, 1.54) is 7.11 Å². The summed E-state index contributed by atoms with van der Waals surface area (Å²) in [6, 6.07) is 21.4. The SMILES string of the molecule is COC(=O)C1CCCN1CC#Cc1ccc2ncnc(Nc3ccc(Oc4ccccc4)c(C)c3)c2c1. The Morgan fingerprint density at radius 2 is 1.97 bits per heavy atom. The maximum Gasteiger partial charge on any atom is 0.323 e. The Balaban J connectivity index is 1.33. The molecule has 0 spiro atoms. The third-order valence-corrected chi connectivity index (χ3v) is 6.40. The number of ether oxygens (including phenoxy) is 2.